The fourth-order valence-electron chi connectivity index (χ4n) is 2.98. The maximum Gasteiger partial charge on any atom is 0.259 e. The summed E-state index contributed by atoms with van der Waals surface area (Å²) >= 11 is 0. The molecule has 2 aromatic heterocycles. The van der Waals surface area contributed by atoms with E-state index in [0.29, 0.717) is 18.7 Å². The second kappa shape index (κ2) is 6.60. The first kappa shape index (κ1) is 16.4. The molecule has 3 rings (SSSR count). The van der Waals surface area contributed by atoms with Crippen LogP contribution in [0.15, 0.2) is 21.7 Å². The summed E-state index contributed by atoms with van der Waals surface area (Å²) in [5.74, 6) is 0.647. The molecular weight excluding hydrogens is 308 g/mol. The molecule has 2 aromatic rings. The van der Waals surface area contributed by atoms with Gasteiger partial charge in [0.1, 0.15) is 11.3 Å². The molecule has 3 heterocycles. The molecule has 7 heteroatoms. The van der Waals surface area contributed by atoms with Gasteiger partial charge in [-0.3, -0.25) is 14.5 Å². The molecule has 1 amide bonds. The predicted molar refractivity (Wildman–Crippen MR) is 89.0 cm³/mol. The Morgan fingerprint density at radius 1 is 1.21 bits per heavy atom. The van der Waals surface area contributed by atoms with Gasteiger partial charge in [-0.05, 0) is 20.8 Å². The van der Waals surface area contributed by atoms with Crippen LogP contribution < -0.4 is 5.43 Å². The van der Waals surface area contributed by atoms with Crippen LogP contribution in [0, 0.1) is 20.8 Å². The zero-order chi connectivity index (χ0) is 17.3. The quantitative estimate of drug-likeness (QED) is 0.916. The second-order valence-corrected chi connectivity index (χ2v) is 6.25. The molecule has 7 nitrogen and oxygen atoms in total. The van der Waals surface area contributed by atoms with E-state index in [-0.39, 0.29) is 16.9 Å². The number of nitrogens with zero attached hydrogens (tertiary/aromatic N) is 3. The van der Waals surface area contributed by atoms with Crippen molar-refractivity contribution in [2.45, 2.75) is 27.3 Å². The maximum atomic E-state index is 12.6. The van der Waals surface area contributed by atoms with E-state index in [9.17, 15) is 9.59 Å². The van der Waals surface area contributed by atoms with Crippen LogP contribution in [0.4, 0.5) is 0 Å². The zero-order valence-electron chi connectivity index (χ0n) is 14.3. The monoisotopic (exact) mass is 330 g/mol. The van der Waals surface area contributed by atoms with Crippen molar-refractivity contribution in [2.75, 3.05) is 26.2 Å². The predicted octanol–water partition coefficient (Wildman–Crippen LogP) is 1.25. The Morgan fingerprint density at radius 3 is 2.54 bits per heavy atom. The summed E-state index contributed by atoms with van der Waals surface area (Å²) in [6.45, 7) is 9.07. The fraction of sp³-hybridized carbons (Fsp3) is 0.471. The van der Waals surface area contributed by atoms with Crippen molar-refractivity contribution >= 4 is 5.91 Å². The Hall–Kier alpha value is -2.41. The molecule has 1 aliphatic heterocycles. The molecule has 0 unspecified atom stereocenters. The number of piperazine rings is 1. The summed E-state index contributed by atoms with van der Waals surface area (Å²) in [5, 5.41) is 3.98. The molecule has 128 valence electrons. The van der Waals surface area contributed by atoms with Crippen molar-refractivity contribution in [3.63, 3.8) is 0 Å². The van der Waals surface area contributed by atoms with E-state index in [1.54, 1.807) is 18.0 Å². The van der Waals surface area contributed by atoms with Gasteiger partial charge in [0.25, 0.3) is 5.91 Å². The average Bonchev–Trinajstić information content (AvgIpc) is 2.89. The van der Waals surface area contributed by atoms with Gasteiger partial charge in [0, 0.05) is 56.2 Å². The molecule has 0 saturated carbocycles. The minimum atomic E-state index is -0.197. The number of carbonyl (C=O) groups excluding carboxylic acids is 1. The number of aryl methyl sites for hydroxylation is 3. The second-order valence-electron chi connectivity index (χ2n) is 6.25. The lowest BCUT2D eigenvalue weighted by Gasteiger charge is -2.34. The van der Waals surface area contributed by atoms with Gasteiger partial charge >= 0.3 is 0 Å². The van der Waals surface area contributed by atoms with Gasteiger partial charge in [-0.1, -0.05) is 5.16 Å². The number of nitrogens with one attached hydrogen (secondary N) is 1. The molecule has 0 aromatic carbocycles. The van der Waals surface area contributed by atoms with E-state index in [1.807, 2.05) is 13.8 Å². The smallest absolute Gasteiger partial charge is 0.259 e. The van der Waals surface area contributed by atoms with E-state index in [2.05, 4.69) is 15.0 Å². The summed E-state index contributed by atoms with van der Waals surface area (Å²) in [6, 6.07) is 0. The molecule has 0 bridgehead atoms. The molecule has 0 atom stereocenters. The van der Waals surface area contributed by atoms with Crippen LogP contribution in [-0.2, 0) is 6.54 Å². The number of carbonyl (C=O) groups is 1. The van der Waals surface area contributed by atoms with Gasteiger partial charge in [0.05, 0.1) is 5.69 Å². The number of pyridine rings is 1. The van der Waals surface area contributed by atoms with Gasteiger partial charge in [-0.15, -0.1) is 0 Å². The Balaban J connectivity index is 1.64. The van der Waals surface area contributed by atoms with E-state index in [0.717, 1.165) is 36.7 Å². The number of H-pyrrole nitrogens is 1. The normalized spacial score (nSPS) is 15.7. The first-order valence-corrected chi connectivity index (χ1v) is 8.08. The van der Waals surface area contributed by atoms with E-state index in [4.69, 9.17) is 4.52 Å². The van der Waals surface area contributed by atoms with E-state index < -0.39 is 0 Å². The highest BCUT2D eigenvalue weighted by Crippen LogP contribution is 2.16. The number of rotatable bonds is 3. The highest BCUT2D eigenvalue weighted by molar-refractivity contribution is 5.94. The Labute approximate surface area is 140 Å². The highest BCUT2D eigenvalue weighted by atomic mass is 16.5. The number of aromatic nitrogens is 2. The first-order chi connectivity index (χ1) is 11.5. The Kier molecular flexibility index (Phi) is 4.53. The third-order valence-electron chi connectivity index (χ3n) is 4.58. The number of aromatic amines is 1. The minimum Gasteiger partial charge on any atom is -0.366 e. The summed E-state index contributed by atoms with van der Waals surface area (Å²) in [4.78, 5) is 31.6. The van der Waals surface area contributed by atoms with Gasteiger partial charge in [0.2, 0.25) is 0 Å². The SMILES string of the molecule is Cc1noc(C)c1CN1CCN(C(=O)c2c[nH]cc(C)c2=O)CC1. The van der Waals surface area contributed by atoms with E-state index in [1.165, 1.54) is 6.20 Å². The lowest BCUT2D eigenvalue weighted by atomic mass is 10.1. The van der Waals surface area contributed by atoms with Crippen molar-refractivity contribution < 1.29 is 9.32 Å². The average molecular weight is 330 g/mol. The standard InChI is InChI=1S/C17H22N4O3/c1-11-8-18-9-14(16(11)22)17(23)21-6-4-20(5-7-21)10-15-12(2)19-24-13(15)3/h8-9H,4-7,10H2,1-3H3,(H,18,22). The molecule has 0 spiro atoms. The van der Waals surface area contributed by atoms with Crippen LogP contribution in [-0.4, -0.2) is 52.0 Å². The summed E-state index contributed by atoms with van der Waals surface area (Å²) in [6.07, 6.45) is 3.11. The molecule has 1 fully saturated rings. The zero-order valence-corrected chi connectivity index (χ0v) is 14.3. The minimum absolute atomic E-state index is 0.197. The Morgan fingerprint density at radius 2 is 1.92 bits per heavy atom. The molecule has 1 N–H and O–H groups in total. The van der Waals surface area contributed by atoms with Gasteiger partial charge in [-0.2, -0.15) is 0 Å². The van der Waals surface area contributed by atoms with Gasteiger partial charge < -0.3 is 14.4 Å². The molecular formula is C17H22N4O3. The lowest BCUT2D eigenvalue weighted by Crippen LogP contribution is -2.49. The fourth-order valence-corrected chi connectivity index (χ4v) is 2.98. The maximum absolute atomic E-state index is 12.6. The molecule has 0 aliphatic carbocycles. The third kappa shape index (κ3) is 3.12. The van der Waals surface area contributed by atoms with Crippen molar-refractivity contribution in [1.82, 2.24) is 19.9 Å². The number of hydrogen-bond donors (Lipinski definition) is 1. The van der Waals surface area contributed by atoms with Crippen LogP contribution >= 0.6 is 0 Å². The molecule has 1 aliphatic rings. The first-order valence-electron chi connectivity index (χ1n) is 8.08. The Bertz CT molecular complexity index is 781. The van der Waals surface area contributed by atoms with Crippen LogP contribution in [0.25, 0.3) is 0 Å². The summed E-state index contributed by atoms with van der Waals surface area (Å²) in [5.41, 5.74) is 2.60. The van der Waals surface area contributed by atoms with Crippen LogP contribution in [0.3, 0.4) is 0 Å². The lowest BCUT2D eigenvalue weighted by molar-refractivity contribution is 0.0626. The third-order valence-corrected chi connectivity index (χ3v) is 4.58. The van der Waals surface area contributed by atoms with Crippen molar-refractivity contribution in [3.05, 3.63) is 50.8 Å². The van der Waals surface area contributed by atoms with Crippen LogP contribution in [0.5, 0.6) is 0 Å². The molecule has 0 radical (unpaired) electrons. The number of amides is 1. The molecule has 24 heavy (non-hydrogen) atoms. The summed E-state index contributed by atoms with van der Waals surface area (Å²) < 4.78 is 5.20. The van der Waals surface area contributed by atoms with Crippen molar-refractivity contribution in [3.8, 4) is 0 Å². The topological polar surface area (TPSA) is 82.4 Å². The van der Waals surface area contributed by atoms with Crippen LogP contribution in [0.1, 0.15) is 32.9 Å². The van der Waals surface area contributed by atoms with Crippen molar-refractivity contribution in [2.24, 2.45) is 0 Å². The van der Waals surface area contributed by atoms with E-state index >= 15 is 0 Å². The van der Waals surface area contributed by atoms with Gasteiger partial charge in [0.15, 0.2) is 5.43 Å². The largest absolute Gasteiger partial charge is 0.366 e. The number of hydrogen-bond acceptors (Lipinski definition) is 5. The van der Waals surface area contributed by atoms with Crippen LogP contribution in [0.2, 0.25) is 0 Å². The highest BCUT2D eigenvalue weighted by Gasteiger charge is 2.25. The molecule has 1 saturated heterocycles. The van der Waals surface area contributed by atoms with Gasteiger partial charge in [-0.25, -0.2) is 0 Å². The summed E-state index contributed by atoms with van der Waals surface area (Å²) in [7, 11) is 0. The van der Waals surface area contributed by atoms with Crippen molar-refractivity contribution in [1.29, 1.82) is 0 Å².